The van der Waals surface area contributed by atoms with Crippen LogP contribution in [0.5, 0.6) is 0 Å². The monoisotopic (exact) mass is 158 g/mol. The van der Waals surface area contributed by atoms with Crippen molar-refractivity contribution in [1.29, 1.82) is 0 Å². The first-order valence-electron chi connectivity index (χ1n) is 4.33. The van der Waals surface area contributed by atoms with Crippen molar-refractivity contribution in [1.82, 2.24) is 0 Å². The lowest BCUT2D eigenvalue weighted by Crippen LogP contribution is -3.23. The van der Waals surface area contributed by atoms with Crippen LogP contribution in [0.4, 0.5) is 0 Å². The number of nitrogens with one attached hydrogen (secondary N) is 1. The van der Waals surface area contributed by atoms with Crippen LogP contribution in [0.25, 0.3) is 0 Å². The number of carboxylic acids is 1. The van der Waals surface area contributed by atoms with Crippen LogP contribution in [0.15, 0.2) is 0 Å². The first kappa shape index (κ1) is 8.53. The van der Waals surface area contributed by atoms with Gasteiger partial charge in [0.05, 0.1) is 19.5 Å². The molecule has 0 aromatic carbocycles. The van der Waals surface area contributed by atoms with Crippen molar-refractivity contribution >= 4 is 5.97 Å². The lowest BCUT2D eigenvalue weighted by Gasteiger charge is -2.33. The molecule has 2 unspecified atom stereocenters. The van der Waals surface area contributed by atoms with Crippen LogP contribution in [-0.2, 0) is 4.79 Å². The molecule has 1 aliphatic heterocycles. The Morgan fingerprint density at radius 3 is 2.82 bits per heavy atom. The van der Waals surface area contributed by atoms with E-state index in [4.69, 9.17) is 5.11 Å². The van der Waals surface area contributed by atoms with E-state index >= 15 is 0 Å². The Balaban J connectivity index is 2.20. The van der Waals surface area contributed by atoms with Crippen LogP contribution in [0.1, 0.15) is 26.2 Å². The number of unbranched alkanes of at least 4 members (excludes halogenated alkanes) is 1. The Labute approximate surface area is 67.0 Å². The summed E-state index contributed by atoms with van der Waals surface area (Å²) in [5.41, 5.74) is 0. The zero-order valence-electron chi connectivity index (χ0n) is 6.97. The fourth-order valence-corrected chi connectivity index (χ4v) is 1.49. The molecule has 2 N–H and O–H groups in total. The maximum absolute atomic E-state index is 10.5. The summed E-state index contributed by atoms with van der Waals surface area (Å²) in [6.45, 7) is 4.22. The molecule has 64 valence electrons. The van der Waals surface area contributed by atoms with E-state index in [1.165, 1.54) is 4.90 Å². The summed E-state index contributed by atoms with van der Waals surface area (Å²) in [6, 6.07) is -0.0958. The molecular formula is C8H16NO2+. The average Bonchev–Trinajstić information content (AvgIpc) is 1.84. The molecule has 0 saturated carbocycles. The zero-order valence-corrected chi connectivity index (χ0v) is 6.97. The first-order chi connectivity index (χ1) is 5.25. The molecule has 1 rings (SSSR count). The van der Waals surface area contributed by atoms with E-state index < -0.39 is 5.97 Å². The van der Waals surface area contributed by atoms with Crippen molar-refractivity contribution in [2.45, 2.75) is 32.2 Å². The van der Waals surface area contributed by atoms with Crippen molar-refractivity contribution < 1.29 is 14.8 Å². The predicted octanol–water partition coefficient (Wildman–Crippen LogP) is -0.472. The van der Waals surface area contributed by atoms with Crippen LogP contribution in [0, 0.1) is 0 Å². The van der Waals surface area contributed by atoms with Gasteiger partial charge in [-0.2, -0.15) is 0 Å². The third kappa shape index (κ3) is 1.93. The third-order valence-electron chi connectivity index (χ3n) is 2.40. The van der Waals surface area contributed by atoms with Gasteiger partial charge in [-0.3, -0.25) is 0 Å². The number of aliphatic carboxylic acids is 1. The van der Waals surface area contributed by atoms with Crippen molar-refractivity contribution in [2.24, 2.45) is 0 Å². The lowest BCUT2D eigenvalue weighted by atomic mass is 10.0. The number of rotatable bonds is 4. The number of likely N-dealkylation sites (tertiary alicyclic amines) is 1. The maximum Gasteiger partial charge on any atom is 0.362 e. The summed E-state index contributed by atoms with van der Waals surface area (Å²) in [4.78, 5) is 11.8. The summed E-state index contributed by atoms with van der Waals surface area (Å²) < 4.78 is 0. The van der Waals surface area contributed by atoms with Gasteiger partial charge in [0.2, 0.25) is 0 Å². The molecule has 0 amide bonds. The van der Waals surface area contributed by atoms with Gasteiger partial charge >= 0.3 is 5.97 Å². The van der Waals surface area contributed by atoms with Crippen molar-refractivity contribution in [3.8, 4) is 0 Å². The summed E-state index contributed by atoms with van der Waals surface area (Å²) in [6.07, 6.45) is 3.18. The largest absolute Gasteiger partial charge is 0.477 e. The van der Waals surface area contributed by atoms with Crippen LogP contribution < -0.4 is 4.90 Å². The predicted molar refractivity (Wildman–Crippen MR) is 41.6 cm³/mol. The Kier molecular flexibility index (Phi) is 2.88. The summed E-state index contributed by atoms with van der Waals surface area (Å²) >= 11 is 0. The van der Waals surface area contributed by atoms with Gasteiger partial charge in [0.25, 0.3) is 0 Å². The lowest BCUT2D eigenvalue weighted by molar-refractivity contribution is -0.957. The molecular weight excluding hydrogens is 142 g/mol. The molecule has 0 aromatic heterocycles. The quantitative estimate of drug-likeness (QED) is 0.580. The molecule has 1 fully saturated rings. The Morgan fingerprint density at radius 2 is 2.45 bits per heavy atom. The van der Waals surface area contributed by atoms with Gasteiger partial charge in [0.15, 0.2) is 6.04 Å². The number of hydrogen-bond donors (Lipinski definition) is 2. The number of hydrogen-bond acceptors (Lipinski definition) is 1. The Hall–Kier alpha value is -0.570. The van der Waals surface area contributed by atoms with E-state index in [-0.39, 0.29) is 6.04 Å². The Morgan fingerprint density at radius 1 is 1.73 bits per heavy atom. The van der Waals surface area contributed by atoms with E-state index in [1.807, 2.05) is 0 Å². The van der Waals surface area contributed by atoms with Gasteiger partial charge in [-0.1, -0.05) is 13.3 Å². The van der Waals surface area contributed by atoms with Crippen molar-refractivity contribution in [2.75, 3.05) is 13.1 Å². The molecule has 0 bridgehead atoms. The fourth-order valence-electron chi connectivity index (χ4n) is 1.49. The van der Waals surface area contributed by atoms with Crippen LogP contribution in [-0.4, -0.2) is 30.2 Å². The fraction of sp³-hybridized carbons (Fsp3) is 0.875. The normalized spacial score (nSPS) is 29.5. The van der Waals surface area contributed by atoms with E-state index in [1.54, 1.807) is 0 Å². The molecule has 0 aliphatic carbocycles. The molecule has 3 nitrogen and oxygen atoms in total. The molecule has 0 spiro atoms. The van der Waals surface area contributed by atoms with Gasteiger partial charge in [-0.25, -0.2) is 4.79 Å². The maximum atomic E-state index is 10.5. The van der Waals surface area contributed by atoms with Crippen LogP contribution in [0.3, 0.4) is 0 Å². The summed E-state index contributed by atoms with van der Waals surface area (Å²) in [7, 11) is 0. The van der Waals surface area contributed by atoms with E-state index in [2.05, 4.69) is 6.92 Å². The average molecular weight is 158 g/mol. The van der Waals surface area contributed by atoms with E-state index in [0.717, 1.165) is 32.4 Å². The molecule has 0 radical (unpaired) electrons. The van der Waals surface area contributed by atoms with Gasteiger partial charge in [-0.15, -0.1) is 0 Å². The minimum atomic E-state index is -0.623. The summed E-state index contributed by atoms with van der Waals surface area (Å²) in [5.74, 6) is -0.623. The number of carbonyl (C=O) groups is 1. The van der Waals surface area contributed by atoms with Gasteiger partial charge in [0, 0.05) is 0 Å². The second kappa shape index (κ2) is 3.72. The van der Waals surface area contributed by atoms with Gasteiger partial charge in [0.1, 0.15) is 0 Å². The molecule has 2 atom stereocenters. The molecule has 1 saturated heterocycles. The standard InChI is InChI=1S/C8H15NO2/c1-2-3-5-9-6-4-7(9)8(10)11/h7H,2-6H2,1H3,(H,10,11)/p+1. The smallest absolute Gasteiger partial charge is 0.362 e. The van der Waals surface area contributed by atoms with Crippen LogP contribution >= 0.6 is 0 Å². The van der Waals surface area contributed by atoms with Crippen molar-refractivity contribution in [3.05, 3.63) is 0 Å². The minimum Gasteiger partial charge on any atom is -0.477 e. The van der Waals surface area contributed by atoms with Crippen molar-refractivity contribution in [3.63, 3.8) is 0 Å². The highest BCUT2D eigenvalue weighted by molar-refractivity contribution is 5.72. The molecule has 1 aliphatic rings. The second-order valence-electron chi connectivity index (χ2n) is 3.19. The number of carboxylic acid groups (broad SMARTS) is 1. The molecule has 0 aromatic rings. The Bertz CT molecular complexity index is 147. The number of quaternary nitrogens is 1. The molecule has 11 heavy (non-hydrogen) atoms. The minimum absolute atomic E-state index is 0.0958. The van der Waals surface area contributed by atoms with Crippen LogP contribution in [0.2, 0.25) is 0 Å². The molecule has 1 heterocycles. The topological polar surface area (TPSA) is 41.7 Å². The zero-order chi connectivity index (χ0) is 8.27. The summed E-state index contributed by atoms with van der Waals surface area (Å²) in [5, 5.41) is 8.68. The van der Waals surface area contributed by atoms with Gasteiger partial charge < -0.3 is 10.0 Å². The highest BCUT2D eigenvalue weighted by Crippen LogP contribution is 1.95. The van der Waals surface area contributed by atoms with E-state index in [0.29, 0.717) is 0 Å². The third-order valence-corrected chi connectivity index (χ3v) is 2.40. The van der Waals surface area contributed by atoms with Gasteiger partial charge in [-0.05, 0) is 6.42 Å². The highest BCUT2D eigenvalue weighted by Gasteiger charge is 2.37. The highest BCUT2D eigenvalue weighted by atomic mass is 16.4. The SMILES string of the molecule is CCCC[NH+]1CCC1C(=O)O. The first-order valence-corrected chi connectivity index (χ1v) is 4.33. The molecule has 3 heteroatoms. The van der Waals surface area contributed by atoms with E-state index in [9.17, 15) is 4.79 Å². The second-order valence-corrected chi connectivity index (χ2v) is 3.19.